The van der Waals surface area contributed by atoms with E-state index in [2.05, 4.69) is 25.3 Å². The molecule has 1 amide bonds. The predicted molar refractivity (Wildman–Crippen MR) is 72.8 cm³/mol. The highest BCUT2D eigenvalue weighted by Crippen LogP contribution is 2.29. The number of rotatable bonds is 1. The lowest BCUT2D eigenvalue weighted by Crippen LogP contribution is -2.60. The lowest BCUT2D eigenvalue weighted by Gasteiger charge is -2.41. The molecule has 2 aliphatic rings. The van der Waals surface area contributed by atoms with Crippen molar-refractivity contribution in [3.8, 4) is 0 Å². The summed E-state index contributed by atoms with van der Waals surface area (Å²) in [4.78, 5) is 22.1. The van der Waals surface area contributed by atoms with Crippen molar-refractivity contribution >= 4 is 22.8 Å². The standard InChI is InChI=1S/C13H15N5O3/c1-7-11-12(14-6-15-13(11)21-17-7)18-3-2-9-8(4-18)16-10(19)5-20-9/h6,8-9H,2-5H2,1H3,(H,16,19)/t8-,9-/m1/s1. The number of fused-ring (bicyclic) bond motifs is 2. The summed E-state index contributed by atoms with van der Waals surface area (Å²) in [5.74, 6) is 0.740. The van der Waals surface area contributed by atoms with E-state index in [1.165, 1.54) is 6.33 Å². The summed E-state index contributed by atoms with van der Waals surface area (Å²) < 4.78 is 10.8. The Labute approximate surface area is 120 Å². The van der Waals surface area contributed by atoms with Crippen LogP contribution in [0.25, 0.3) is 11.1 Å². The van der Waals surface area contributed by atoms with Crippen molar-refractivity contribution in [1.29, 1.82) is 0 Å². The second kappa shape index (κ2) is 4.66. The summed E-state index contributed by atoms with van der Waals surface area (Å²) in [6.45, 7) is 3.50. The van der Waals surface area contributed by atoms with E-state index < -0.39 is 0 Å². The van der Waals surface area contributed by atoms with Crippen LogP contribution >= 0.6 is 0 Å². The van der Waals surface area contributed by atoms with Gasteiger partial charge in [0.2, 0.25) is 5.91 Å². The van der Waals surface area contributed by atoms with Gasteiger partial charge in [0.05, 0.1) is 17.8 Å². The molecule has 110 valence electrons. The fraction of sp³-hybridized carbons (Fsp3) is 0.538. The van der Waals surface area contributed by atoms with Gasteiger partial charge in [0.25, 0.3) is 5.71 Å². The Hall–Kier alpha value is -2.22. The first-order chi connectivity index (χ1) is 10.2. The number of ether oxygens (including phenoxy) is 1. The molecule has 8 nitrogen and oxygen atoms in total. The van der Waals surface area contributed by atoms with Crippen molar-refractivity contribution < 1.29 is 14.1 Å². The monoisotopic (exact) mass is 289 g/mol. The molecule has 8 heteroatoms. The molecule has 2 aliphatic heterocycles. The van der Waals surface area contributed by atoms with E-state index in [1.807, 2.05) is 6.92 Å². The molecule has 4 rings (SSSR count). The van der Waals surface area contributed by atoms with Gasteiger partial charge >= 0.3 is 0 Å². The highest BCUT2D eigenvalue weighted by atomic mass is 16.5. The first-order valence-corrected chi connectivity index (χ1v) is 6.95. The van der Waals surface area contributed by atoms with Crippen molar-refractivity contribution in [3.63, 3.8) is 0 Å². The summed E-state index contributed by atoms with van der Waals surface area (Å²) >= 11 is 0. The Balaban J connectivity index is 1.67. The van der Waals surface area contributed by atoms with Crippen LogP contribution in [0.1, 0.15) is 12.1 Å². The maximum atomic E-state index is 11.5. The average Bonchev–Trinajstić information content (AvgIpc) is 2.88. The first-order valence-electron chi connectivity index (χ1n) is 6.95. The number of piperidine rings is 1. The van der Waals surface area contributed by atoms with E-state index in [4.69, 9.17) is 9.26 Å². The summed E-state index contributed by atoms with van der Waals surface area (Å²) in [5.41, 5.74) is 1.26. The largest absolute Gasteiger partial charge is 0.366 e. The molecule has 2 saturated heterocycles. The fourth-order valence-corrected chi connectivity index (χ4v) is 3.04. The molecule has 0 saturated carbocycles. The van der Waals surface area contributed by atoms with Gasteiger partial charge in [0.1, 0.15) is 24.1 Å². The van der Waals surface area contributed by atoms with E-state index in [1.54, 1.807) is 0 Å². The second-order valence-electron chi connectivity index (χ2n) is 5.40. The lowest BCUT2D eigenvalue weighted by atomic mass is 10.0. The number of hydrogen-bond acceptors (Lipinski definition) is 7. The van der Waals surface area contributed by atoms with E-state index in [-0.39, 0.29) is 24.7 Å². The molecule has 1 N–H and O–H groups in total. The number of carbonyl (C=O) groups is 1. The minimum atomic E-state index is -0.0629. The van der Waals surface area contributed by atoms with Crippen molar-refractivity contribution in [2.45, 2.75) is 25.5 Å². The molecule has 0 bridgehead atoms. The van der Waals surface area contributed by atoms with Gasteiger partial charge in [-0.05, 0) is 13.3 Å². The summed E-state index contributed by atoms with van der Waals surface area (Å²) in [6, 6.07) is -0.00909. The third-order valence-corrected chi connectivity index (χ3v) is 4.05. The SMILES string of the molecule is Cc1noc2ncnc(N3CC[C@H]4OCC(=O)N[C@@H]4C3)c12. The van der Waals surface area contributed by atoms with Gasteiger partial charge in [-0.1, -0.05) is 5.16 Å². The van der Waals surface area contributed by atoms with E-state index >= 15 is 0 Å². The van der Waals surface area contributed by atoms with Crippen LogP contribution in [0, 0.1) is 6.92 Å². The number of amides is 1. The molecular weight excluding hydrogens is 274 g/mol. The highest BCUT2D eigenvalue weighted by Gasteiger charge is 2.36. The third-order valence-electron chi connectivity index (χ3n) is 4.05. The topological polar surface area (TPSA) is 93.4 Å². The number of nitrogens with one attached hydrogen (secondary N) is 1. The van der Waals surface area contributed by atoms with Gasteiger partial charge in [-0.2, -0.15) is 4.98 Å². The van der Waals surface area contributed by atoms with Crippen molar-refractivity contribution in [2.75, 3.05) is 24.6 Å². The van der Waals surface area contributed by atoms with Crippen molar-refractivity contribution in [3.05, 3.63) is 12.0 Å². The molecule has 0 spiro atoms. The number of aromatic nitrogens is 3. The molecule has 2 aromatic heterocycles. The lowest BCUT2D eigenvalue weighted by molar-refractivity contribution is -0.137. The fourth-order valence-electron chi connectivity index (χ4n) is 3.04. The number of morpholine rings is 1. The minimum absolute atomic E-state index is 0.00909. The van der Waals surface area contributed by atoms with Crippen molar-refractivity contribution in [1.82, 2.24) is 20.4 Å². The van der Waals surface area contributed by atoms with Crippen LogP contribution in [-0.4, -0.2) is 52.9 Å². The molecule has 0 aliphatic carbocycles. The Morgan fingerprint density at radius 3 is 3.24 bits per heavy atom. The first kappa shape index (κ1) is 12.5. The Bertz CT molecular complexity index is 700. The Kier molecular flexibility index (Phi) is 2.78. The molecule has 2 fully saturated rings. The number of nitrogens with zero attached hydrogens (tertiary/aromatic N) is 4. The molecule has 0 unspecified atom stereocenters. The summed E-state index contributed by atoms with van der Waals surface area (Å²) in [7, 11) is 0. The normalized spacial score (nSPS) is 25.8. The summed E-state index contributed by atoms with van der Waals surface area (Å²) in [6.07, 6.45) is 2.41. The molecule has 21 heavy (non-hydrogen) atoms. The maximum absolute atomic E-state index is 11.5. The van der Waals surface area contributed by atoms with Gasteiger partial charge < -0.3 is 19.5 Å². The third kappa shape index (κ3) is 2.02. The van der Waals surface area contributed by atoms with Gasteiger partial charge in [0.15, 0.2) is 0 Å². The number of anilines is 1. The highest BCUT2D eigenvalue weighted by molar-refractivity contribution is 5.88. The Morgan fingerprint density at radius 2 is 2.33 bits per heavy atom. The molecule has 2 aromatic rings. The van der Waals surface area contributed by atoms with Gasteiger partial charge in [-0.3, -0.25) is 4.79 Å². The van der Waals surface area contributed by atoms with Crippen LogP contribution in [0.5, 0.6) is 0 Å². The van der Waals surface area contributed by atoms with Crippen LogP contribution in [0.3, 0.4) is 0 Å². The smallest absolute Gasteiger partial charge is 0.263 e. The molecule has 4 heterocycles. The van der Waals surface area contributed by atoms with Gasteiger partial charge in [0, 0.05) is 13.1 Å². The zero-order valence-corrected chi connectivity index (χ0v) is 11.6. The second-order valence-corrected chi connectivity index (χ2v) is 5.40. The average molecular weight is 289 g/mol. The van der Waals surface area contributed by atoms with Crippen LogP contribution in [0.4, 0.5) is 5.82 Å². The van der Waals surface area contributed by atoms with Crippen LogP contribution < -0.4 is 10.2 Å². The minimum Gasteiger partial charge on any atom is -0.366 e. The van der Waals surface area contributed by atoms with E-state index in [0.717, 1.165) is 29.9 Å². The zero-order chi connectivity index (χ0) is 14.4. The zero-order valence-electron chi connectivity index (χ0n) is 11.6. The van der Waals surface area contributed by atoms with Crippen molar-refractivity contribution in [2.24, 2.45) is 0 Å². The van der Waals surface area contributed by atoms with Crippen LogP contribution in [-0.2, 0) is 9.53 Å². The van der Waals surface area contributed by atoms with Gasteiger partial charge in [-0.15, -0.1) is 0 Å². The number of aryl methyl sites for hydroxylation is 1. The van der Waals surface area contributed by atoms with E-state index in [0.29, 0.717) is 12.3 Å². The Morgan fingerprint density at radius 1 is 1.43 bits per heavy atom. The summed E-state index contributed by atoms with van der Waals surface area (Å²) in [5, 5.41) is 7.77. The molecule has 0 radical (unpaired) electrons. The number of carbonyl (C=O) groups excluding carboxylic acids is 1. The predicted octanol–water partition coefficient (Wildman–Crippen LogP) is 0.0199. The van der Waals surface area contributed by atoms with Gasteiger partial charge in [-0.25, -0.2) is 4.98 Å². The van der Waals surface area contributed by atoms with Crippen LogP contribution in [0.2, 0.25) is 0 Å². The van der Waals surface area contributed by atoms with Crippen LogP contribution in [0.15, 0.2) is 10.9 Å². The molecular formula is C13H15N5O3. The quantitative estimate of drug-likeness (QED) is 0.791. The molecule has 0 aromatic carbocycles. The van der Waals surface area contributed by atoms with E-state index in [9.17, 15) is 4.79 Å². The maximum Gasteiger partial charge on any atom is 0.263 e. The molecule has 2 atom stereocenters. The number of hydrogen-bond donors (Lipinski definition) is 1.